The van der Waals surface area contributed by atoms with Crippen LogP contribution in [0, 0.1) is 18.3 Å². The number of nitriles is 1. The highest BCUT2D eigenvalue weighted by atomic mass is 35.5. The van der Waals surface area contributed by atoms with E-state index in [2.05, 4.69) is 16.0 Å². The van der Waals surface area contributed by atoms with Gasteiger partial charge in [0, 0.05) is 30.0 Å². The molecule has 3 N–H and O–H groups in total. The molecule has 2 amide bonds. The molecule has 1 rings (SSSR count). The molecule has 0 saturated carbocycles. The van der Waals surface area contributed by atoms with Crippen molar-refractivity contribution < 1.29 is 9.59 Å². The maximum absolute atomic E-state index is 12.0. The van der Waals surface area contributed by atoms with E-state index in [1.807, 2.05) is 13.0 Å². The topological polar surface area (TPSA) is 94.0 Å². The van der Waals surface area contributed by atoms with Crippen molar-refractivity contribution in [1.29, 1.82) is 5.26 Å². The molecule has 0 spiro atoms. The van der Waals surface area contributed by atoms with E-state index in [1.165, 1.54) is 6.20 Å². The Balaban J connectivity index is 2.59. The molecule has 0 aromatic heterocycles. The summed E-state index contributed by atoms with van der Waals surface area (Å²) in [5.74, 6) is -0.508. The number of rotatable bonds is 8. The number of hydrogen-bond donors (Lipinski definition) is 3. The molecule has 0 unspecified atom stereocenters. The van der Waals surface area contributed by atoms with Gasteiger partial charge in [-0.3, -0.25) is 9.59 Å². The molecular weight excluding hydrogens is 304 g/mol. The minimum absolute atomic E-state index is 0.0391. The third-order valence-electron chi connectivity index (χ3n) is 2.78. The molecule has 22 heavy (non-hydrogen) atoms. The molecule has 0 atom stereocenters. The summed E-state index contributed by atoms with van der Waals surface area (Å²) < 4.78 is 0. The van der Waals surface area contributed by atoms with Crippen LogP contribution in [-0.4, -0.2) is 25.4 Å². The second-order valence-corrected chi connectivity index (χ2v) is 4.90. The minimum Gasteiger partial charge on any atom is -0.390 e. The SMILES string of the molecule is Cc1ccc(Cl)cc1NC(=O)/C(C#N)=C\NCCCNC=O. The van der Waals surface area contributed by atoms with Crippen LogP contribution in [0.2, 0.25) is 5.02 Å². The first-order chi connectivity index (χ1) is 10.6. The standard InChI is InChI=1S/C15H17ClN4O2/c1-11-3-4-13(16)7-14(11)20-15(22)12(8-17)9-18-5-2-6-19-10-21/h3-4,7,9-10,18H,2,5-6H2,1H3,(H,19,21)(H,20,22)/b12-9-. The van der Waals surface area contributed by atoms with Crippen LogP contribution in [0.3, 0.4) is 0 Å². The van der Waals surface area contributed by atoms with Crippen LogP contribution >= 0.6 is 11.6 Å². The summed E-state index contributed by atoms with van der Waals surface area (Å²) in [5, 5.41) is 17.6. The number of carbonyl (C=O) groups is 2. The van der Waals surface area contributed by atoms with Crippen LogP contribution in [-0.2, 0) is 9.59 Å². The zero-order valence-corrected chi connectivity index (χ0v) is 12.9. The van der Waals surface area contributed by atoms with E-state index in [4.69, 9.17) is 16.9 Å². The predicted molar refractivity (Wildman–Crippen MR) is 85.2 cm³/mol. The third-order valence-corrected chi connectivity index (χ3v) is 3.02. The summed E-state index contributed by atoms with van der Waals surface area (Å²) in [5.41, 5.74) is 1.37. The number of nitrogens with zero attached hydrogens (tertiary/aromatic N) is 1. The second-order valence-electron chi connectivity index (χ2n) is 4.46. The Hall–Kier alpha value is -2.52. The highest BCUT2D eigenvalue weighted by molar-refractivity contribution is 6.31. The smallest absolute Gasteiger partial charge is 0.267 e. The lowest BCUT2D eigenvalue weighted by molar-refractivity contribution is -0.112. The Kier molecular flexibility index (Phi) is 7.51. The van der Waals surface area contributed by atoms with E-state index in [0.717, 1.165) is 5.56 Å². The molecule has 6 nitrogen and oxygen atoms in total. The lowest BCUT2D eigenvalue weighted by atomic mass is 10.2. The molecule has 0 aliphatic carbocycles. The van der Waals surface area contributed by atoms with Crippen LogP contribution in [0.15, 0.2) is 30.0 Å². The zero-order chi connectivity index (χ0) is 16.4. The van der Waals surface area contributed by atoms with Crippen molar-refractivity contribution >= 4 is 29.6 Å². The molecule has 0 fully saturated rings. The van der Waals surface area contributed by atoms with E-state index in [1.54, 1.807) is 18.2 Å². The first kappa shape index (κ1) is 17.5. The normalized spacial score (nSPS) is 10.5. The number of anilines is 1. The molecule has 0 saturated heterocycles. The Bertz CT molecular complexity index is 608. The largest absolute Gasteiger partial charge is 0.390 e. The summed E-state index contributed by atoms with van der Waals surface area (Å²) in [7, 11) is 0. The molecule has 0 heterocycles. The maximum atomic E-state index is 12.0. The monoisotopic (exact) mass is 320 g/mol. The molecule has 7 heteroatoms. The number of aryl methyl sites for hydroxylation is 1. The fraction of sp³-hybridized carbons (Fsp3) is 0.267. The van der Waals surface area contributed by atoms with Crippen LogP contribution in [0.5, 0.6) is 0 Å². The van der Waals surface area contributed by atoms with Crippen LogP contribution < -0.4 is 16.0 Å². The van der Waals surface area contributed by atoms with Crippen LogP contribution in [0.25, 0.3) is 0 Å². The van der Waals surface area contributed by atoms with Gasteiger partial charge in [0.05, 0.1) is 0 Å². The average Bonchev–Trinajstić information content (AvgIpc) is 2.50. The van der Waals surface area contributed by atoms with Gasteiger partial charge in [0.1, 0.15) is 11.6 Å². The fourth-order valence-electron chi connectivity index (χ4n) is 1.59. The molecule has 0 aliphatic rings. The van der Waals surface area contributed by atoms with Gasteiger partial charge in [-0.05, 0) is 31.0 Å². The van der Waals surface area contributed by atoms with Crippen molar-refractivity contribution in [1.82, 2.24) is 10.6 Å². The molecule has 0 aliphatic heterocycles. The molecule has 0 bridgehead atoms. The number of halogens is 1. The summed E-state index contributed by atoms with van der Waals surface area (Å²) in [6, 6.07) is 6.98. The van der Waals surface area contributed by atoms with E-state index in [-0.39, 0.29) is 5.57 Å². The number of hydrogen-bond acceptors (Lipinski definition) is 4. The van der Waals surface area contributed by atoms with E-state index >= 15 is 0 Å². The number of nitrogens with one attached hydrogen (secondary N) is 3. The van der Waals surface area contributed by atoms with Crippen LogP contribution in [0.4, 0.5) is 5.69 Å². The second kappa shape index (κ2) is 9.42. The predicted octanol–water partition coefficient (Wildman–Crippen LogP) is 1.72. The van der Waals surface area contributed by atoms with Gasteiger partial charge in [0.2, 0.25) is 6.41 Å². The van der Waals surface area contributed by atoms with Crippen molar-refractivity contribution in [2.75, 3.05) is 18.4 Å². The molecule has 1 aromatic carbocycles. The van der Waals surface area contributed by atoms with E-state index in [9.17, 15) is 9.59 Å². The third kappa shape index (κ3) is 5.85. The Morgan fingerprint density at radius 1 is 1.36 bits per heavy atom. The van der Waals surface area contributed by atoms with Gasteiger partial charge in [-0.1, -0.05) is 17.7 Å². The summed E-state index contributed by atoms with van der Waals surface area (Å²) >= 11 is 5.88. The Labute approximate surface area is 134 Å². The van der Waals surface area contributed by atoms with E-state index in [0.29, 0.717) is 36.6 Å². The molecule has 116 valence electrons. The molecular formula is C15H17ClN4O2. The quantitative estimate of drug-likeness (QED) is 0.294. The van der Waals surface area contributed by atoms with Crippen molar-refractivity contribution in [3.05, 3.63) is 40.6 Å². The lowest BCUT2D eigenvalue weighted by Gasteiger charge is -2.08. The number of amides is 2. The average molecular weight is 321 g/mol. The molecule has 0 radical (unpaired) electrons. The summed E-state index contributed by atoms with van der Waals surface area (Å²) in [4.78, 5) is 22.1. The van der Waals surface area contributed by atoms with E-state index < -0.39 is 5.91 Å². The lowest BCUT2D eigenvalue weighted by Crippen LogP contribution is -2.20. The Morgan fingerprint density at radius 2 is 2.09 bits per heavy atom. The highest BCUT2D eigenvalue weighted by Gasteiger charge is 2.10. The van der Waals surface area contributed by atoms with Gasteiger partial charge in [-0.25, -0.2) is 0 Å². The van der Waals surface area contributed by atoms with Crippen molar-refractivity contribution in [2.45, 2.75) is 13.3 Å². The first-order valence-corrected chi connectivity index (χ1v) is 7.04. The van der Waals surface area contributed by atoms with Gasteiger partial charge >= 0.3 is 0 Å². The van der Waals surface area contributed by atoms with Gasteiger partial charge in [0.15, 0.2) is 0 Å². The Morgan fingerprint density at radius 3 is 2.77 bits per heavy atom. The zero-order valence-electron chi connectivity index (χ0n) is 12.1. The van der Waals surface area contributed by atoms with Crippen LogP contribution in [0.1, 0.15) is 12.0 Å². The van der Waals surface area contributed by atoms with Crippen molar-refractivity contribution in [3.63, 3.8) is 0 Å². The van der Waals surface area contributed by atoms with Gasteiger partial charge in [0.25, 0.3) is 5.91 Å². The summed E-state index contributed by atoms with van der Waals surface area (Å²) in [6.45, 7) is 2.90. The first-order valence-electron chi connectivity index (χ1n) is 6.66. The summed E-state index contributed by atoms with van der Waals surface area (Å²) in [6.07, 6.45) is 2.66. The van der Waals surface area contributed by atoms with Crippen molar-refractivity contribution in [3.8, 4) is 6.07 Å². The highest BCUT2D eigenvalue weighted by Crippen LogP contribution is 2.20. The fourth-order valence-corrected chi connectivity index (χ4v) is 1.76. The number of carbonyl (C=O) groups excluding carboxylic acids is 2. The number of benzene rings is 1. The maximum Gasteiger partial charge on any atom is 0.267 e. The molecule has 1 aromatic rings. The van der Waals surface area contributed by atoms with Gasteiger partial charge in [-0.15, -0.1) is 0 Å². The van der Waals surface area contributed by atoms with Gasteiger partial charge < -0.3 is 16.0 Å². The van der Waals surface area contributed by atoms with Crippen molar-refractivity contribution in [2.24, 2.45) is 0 Å². The minimum atomic E-state index is -0.508. The van der Waals surface area contributed by atoms with Gasteiger partial charge in [-0.2, -0.15) is 5.26 Å².